The van der Waals surface area contributed by atoms with Gasteiger partial charge in [-0.15, -0.1) is 0 Å². The minimum absolute atomic E-state index is 0.0799. The van der Waals surface area contributed by atoms with Crippen LogP contribution in [0.1, 0.15) is 57.4 Å². The standard InChI is InChI=1S/C21H30N4O/c1-22-16-9-7-8-14-24(15-16)20-18-12-5-6-13-19(18)21(26)25(23-20)17-10-3-2-4-11-17/h5-6,12-13,16-17,22H,2-4,7-11,14-15H2,1H3. The monoisotopic (exact) mass is 354 g/mol. The SMILES string of the molecule is CNC1CCCCN(c2nn(C3CCCCC3)c(=O)c3ccccc23)C1. The maximum absolute atomic E-state index is 13.1. The maximum atomic E-state index is 13.1. The maximum Gasteiger partial charge on any atom is 0.275 e. The van der Waals surface area contributed by atoms with Crippen molar-refractivity contribution in [2.24, 2.45) is 0 Å². The summed E-state index contributed by atoms with van der Waals surface area (Å²) in [6.07, 6.45) is 9.44. The Bertz CT molecular complexity index is 809. The first-order chi connectivity index (χ1) is 12.8. The van der Waals surface area contributed by atoms with Gasteiger partial charge in [0.25, 0.3) is 5.56 Å². The number of nitrogens with one attached hydrogen (secondary N) is 1. The third kappa shape index (κ3) is 3.37. The van der Waals surface area contributed by atoms with Crippen LogP contribution in [0, 0.1) is 0 Å². The van der Waals surface area contributed by atoms with Gasteiger partial charge in [0, 0.05) is 24.5 Å². The second-order valence-electron chi connectivity index (χ2n) is 7.84. The summed E-state index contributed by atoms with van der Waals surface area (Å²) in [5.74, 6) is 0.993. The molecular weight excluding hydrogens is 324 g/mol. The van der Waals surface area contributed by atoms with Gasteiger partial charge < -0.3 is 10.2 Å². The number of fused-ring (bicyclic) bond motifs is 1. The van der Waals surface area contributed by atoms with E-state index in [4.69, 9.17) is 5.10 Å². The van der Waals surface area contributed by atoms with Crippen LogP contribution in [-0.4, -0.2) is 36.0 Å². The van der Waals surface area contributed by atoms with E-state index in [0.29, 0.717) is 6.04 Å². The Hall–Kier alpha value is -1.88. The molecule has 1 aromatic heterocycles. The lowest BCUT2D eigenvalue weighted by atomic mass is 9.95. The van der Waals surface area contributed by atoms with E-state index in [1.54, 1.807) is 0 Å². The lowest BCUT2D eigenvalue weighted by Gasteiger charge is -2.29. The molecule has 1 N–H and O–H groups in total. The van der Waals surface area contributed by atoms with Crippen molar-refractivity contribution in [3.05, 3.63) is 34.6 Å². The number of anilines is 1. The summed E-state index contributed by atoms with van der Waals surface area (Å²) in [4.78, 5) is 15.5. The molecule has 26 heavy (non-hydrogen) atoms. The van der Waals surface area contributed by atoms with Crippen LogP contribution in [0.15, 0.2) is 29.1 Å². The molecule has 1 aliphatic heterocycles. The fourth-order valence-electron chi connectivity index (χ4n) is 4.57. The summed E-state index contributed by atoms with van der Waals surface area (Å²) < 4.78 is 1.82. The molecule has 0 amide bonds. The van der Waals surface area contributed by atoms with E-state index in [1.807, 2.05) is 29.9 Å². The molecule has 140 valence electrons. The van der Waals surface area contributed by atoms with Gasteiger partial charge >= 0.3 is 0 Å². The van der Waals surface area contributed by atoms with Gasteiger partial charge in [-0.2, -0.15) is 5.10 Å². The molecule has 1 aromatic carbocycles. The van der Waals surface area contributed by atoms with Crippen molar-refractivity contribution in [2.45, 2.75) is 63.5 Å². The predicted octanol–water partition coefficient (Wildman–Crippen LogP) is 3.48. The lowest BCUT2D eigenvalue weighted by molar-refractivity contribution is 0.320. The quantitative estimate of drug-likeness (QED) is 0.917. The largest absolute Gasteiger partial charge is 0.353 e. The van der Waals surface area contributed by atoms with Crippen molar-refractivity contribution in [3.63, 3.8) is 0 Å². The van der Waals surface area contributed by atoms with Crippen LogP contribution >= 0.6 is 0 Å². The smallest absolute Gasteiger partial charge is 0.275 e. The van der Waals surface area contributed by atoms with Crippen LogP contribution < -0.4 is 15.8 Å². The average molecular weight is 354 g/mol. The molecule has 2 heterocycles. The van der Waals surface area contributed by atoms with Gasteiger partial charge in [0.05, 0.1) is 11.4 Å². The van der Waals surface area contributed by atoms with E-state index in [9.17, 15) is 4.79 Å². The van der Waals surface area contributed by atoms with Crippen molar-refractivity contribution in [1.82, 2.24) is 15.1 Å². The minimum Gasteiger partial charge on any atom is -0.353 e. The van der Waals surface area contributed by atoms with Gasteiger partial charge in [0.15, 0.2) is 5.82 Å². The van der Waals surface area contributed by atoms with E-state index < -0.39 is 0 Å². The number of likely N-dealkylation sites (N-methyl/N-ethyl adjacent to an activating group) is 1. The number of nitrogens with zero attached hydrogens (tertiary/aromatic N) is 3. The first-order valence-electron chi connectivity index (χ1n) is 10.2. The van der Waals surface area contributed by atoms with Crippen molar-refractivity contribution < 1.29 is 0 Å². The summed E-state index contributed by atoms with van der Waals surface area (Å²) >= 11 is 0. The first-order valence-corrected chi connectivity index (χ1v) is 10.2. The summed E-state index contributed by atoms with van der Waals surface area (Å²) in [5.41, 5.74) is 0.0799. The molecule has 2 fully saturated rings. The van der Waals surface area contributed by atoms with Crippen molar-refractivity contribution in [2.75, 3.05) is 25.0 Å². The molecule has 0 radical (unpaired) electrons. The van der Waals surface area contributed by atoms with Gasteiger partial charge in [-0.05, 0) is 38.8 Å². The van der Waals surface area contributed by atoms with Crippen LogP contribution in [0.3, 0.4) is 0 Å². The highest BCUT2D eigenvalue weighted by molar-refractivity contribution is 5.91. The van der Waals surface area contributed by atoms with Gasteiger partial charge in [-0.3, -0.25) is 4.79 Å². The Morgan fingerprint density at radius 2 is 1.73 bits per heavy atom. The number of aromatic nitrogens is 2. The van der Waals surface area contributed by atoms with Gasteiger partial charge in [-0.1, -0.05) is 43.9 Å². The molecule has 1 aliphatic carbocycles. The number of rotatable bonds is 3. The Kier molecular flexibility index (Phi) is 5.25. The summed E-state index contributed by atoms with van der Waals surface area (Å²) in [6.45, 7) is 1.97. The van der Waals surface area contributed by atoms with Crippen molar-refractivity contribution >= 4 is 16.6 Å². The normalized spacial score (nSPS) is 22.5. The second-order valence-corrected chi connectivity index (χ2v) is 7.84. The zero-order valence-electron chi connectivity index (χ0n) is 15.8. The lowest BCUT2D eigenvalue weighted by Crippen LogP contribution is -2.40. The number of benzene rings is 1. The van der Waals surface area contributed by atoms with Crippen molar-refractivity contribution in [3.8, 4) is 0 Å². The third-order valence-corrected chi connectivity index (χ3v) is 6.11. The summed E-state index contributed by atoms with van der Waals surface area (Å²) in [6, 6.07) is 8.75. The molecule has 4 rings (SSSR count). The number of hydrogen-bond acceptors (Lipinski definition) is 4. The van der Waals surface area contributed by atoms with Crippen LogP contribution in [0.4, 0.5) is 5.82 Å². The third-order valence-electron chi connectivity index (χ3n) is 6.11. The van der Waals surface area contributed by atoms with Crippen LogP contribution in [0.2, 0.25) is 0 Å². The zero-order chi connectivity index (χ0) is 17.9. The molecule has 1 unspecified atom stereocenters. The Morgan fingerprint density at radius 1 is 1.00 bits per heavy atom. The first kappa shape index (κ1) is 17.5. The highest BCUT2D eigenvalue weighted by Crippen LogP contribution is 2.30. The molecule has 2 aliphatic rings. The molecule has 0 spiro atoms. The predicted molar refractivity (Wildman–Crippen MR) is 107 cm³/mol. The fourth-order valence-corrected chi connectivity index (χ4v) is 4.57. The van der Waals surface area contributed by atoms with Gasteiger partial charge in [0.2, 0.25) is 0 Å². The highest BCUT2D eigenvalue weighted by atomic mass is 16.1. The molecule has 1 saturated carbocycles. The zero-order valence-corrected chi connectivity index (χ0v) is 15.8. The molecular formula is C21H30N4O. The van der Waals surface area contributed by atoms with E-state index in [2.05, 4.69) is 16.3 Å². The number of hydrogen-bond donors (Lipinski definition) is 1. The molecule has 5 heteroatoms. The van der Waals surface area contributed by atoms with Gasteiger partial charge in [0.1, 0.15) is 0 Å². The summed E-state index contributed by atoms with van der Waals surface area (Å²) in [7, 11) is 2.04. The summed E-state index contributed by atoms with van der Waals surface area (Å²) in [5, 5.41) is 10.2. The Morgan fingerprint density at radius 3 is 2.50 bits per heavy atom. The fraction of sp³-hybridized carbons (Fsp3) is 0.619. The van der Waals surface area contributed by atoms with E-state index in [1.165, 1.54) is 38.5 Å². The minimum atomic E-state index is 0.0799. The van der Waals surface area contributed by atoms with Crippen molar-refractivity contribution in [1.29, 1.82) is 0 Å². The van der Waals surface area contributed by atoms with Crippen LogP contribution in [-0.2, 0) is 0 Å². The molecule has 5 nitrogen and oxygen atoms in total. The Labute approximate surface area is 155 Å². The highest BCUT2D eigenvalue weighted by Gasteiger charge is 2.24. The van der Waals surface area contributed by atoms with E-state index in [-0.39, 0.29) is 11.6 Å². The Balaban J connectivity index is 1.82. The molecule has 2 aromatic rings. The van der Waals surface area contributed by atoms with E-state index in [0.717, 1.165) is 42.5 Å². The van der Waals surface area contributed by atoms with Crippen LogP contribution in [0.5, 0.6) is 0 Å². The average Bonchev–Trinajstić information content (AvgIpc) is 2.95. The second kappa shape index (κ2) is 7.78. The van der Waals surface area contributed by atoms with Gasteiger partial charge in [-0.25, -0.2) is 4.68 Å². The topological polar surface area (TPSA) is 50.2 Å². The van der Waals surface area contributed by atoms with E-state index >= 15 is 0 Å². The molecule has 1 saturated heterocycles. The molecule has 1 atom stereocenters. The molecule has 0 bridgehead atoms. The van der Waals surface area contributed by atoms with Crippen LogP contribution in [0.25, 0.3) is 10.8 Å².